The van der Waals surface area contributed by atoms with Crippen LogP contribution >= 0.6 is 11.6 Å². The Bertz CT molecular complexity index is 1160. The fraction of sp³-hybridized carbons (Fsp3) is 0.111. The van der Waals surface area contributed by atoms with Crippen LogP contribution in [0.3, 0.4) is 0 Å². The smallest absolute Gasteiger partial charge is 0.292 e. The molecule has 2 aromatic carbocycles. The molecule has 0 saturated carbocycles. The van der Waals surface area contributed by atoms with Crippen molar-refractivity contribution in [2.75, 3.05) is 6.79 Å². The van der Waals surface area contributed by atoms with Gasteiger partial charge in [0.15, 0.2) is 17.2 Å². The van der Waals surface area contributed by atoms with Crippen LogP contribution in [-0.2, 0) is 7.05 Å². The minimum atomic E-state index is -0.537. The summed E-state index contributed by atoms with van der Waals surface area (Å²) >= 11 is 6.11. The minimum Gasteiger partial charge on any atom is -0.454 e. The van der Waals surface area contributed by atoms with Crippen molar-refractivity contribution in [2.24, 2.45) is 12.1 Å². The Morgan fingerprint density at radius 3 is 2.89 bits per heavy atom. The Morgan fingerprint density at radius 1 is 1.30 bits per heavy atom. The van der Waals surface area contributed by atoms with Crippen molar-refractivity contribution in [3.63, 3.8) is 0 Å². The number of hydrazone groups is 1. The average Bonchev–Trinajstić information content (AvgIpc) is 3.14. The van der Waals surface area contributed by atoms with Crippen molar-refractivity contribution < 1.29 is 14.3 Å². The Kier molecular flexibility index (Phi) is 4.25. The lowest BCUT2D eigenvalue weighted by atomic mass is 10.1. The Balaban J connectivity index is 1.60. The monoisotopic (exact) mass is 384 g/mol. The number of aromatic nitrogens is 2. The van der Waals surface area contributed by atoms with Crippen molar-refractivity contribution in [2.45, 2.75) is 0 Å². The van der Waals surface area contributed by atoms with Crippen molar-refractivity contribution in [3.8, 4) is 11.5 Å². The summed E-state index contributed by atoms with van der Waals surface area (Å²) in [6, 6.07) is 10.1. The van der Waals surface area contributed by atoms with Crippen LogP contribution < -0.4 is 20.5 Å². The van der Waals surface area contributed by atoms with Crippen molar-refractivity contribution in [1.29, 1.82) is 0 Å². The van der Waals surface area contributed by atoms with Crippen molar-refractivity contribution >= 4 is 34.5 Å². The molecule has 1 aromatic heterocycles. The van der Waals surface area contributed by atoms with E-state index in [0.717, 1.165) is 4.68 Å². The summed E-state index contributed by atoms with van der Waals surface area (Å²) in [5.74, 6) is 0.463. The number of carbonyl (C=O) groups is 1. The topological polar surface area (TPSA) is 94.8 Å². The molecule has 3 aromatic rings. The molecule has 0 saturated heterocycles. The largest absolute Gasteiger partial charge is 0.454 e. The summed E-state index contributed by atoms with van der Waals surface area (Å²) in [4.78, 5) is 24.6. The molecule has 0 radical (unpaired) electrons. The number of ether oxygens (including phenoxy) is 2. The highest BCUT2D eigenvalue weighted by Gasteiger charge is 2.18. The fourth-order valence-corrected chi connectivity index (χ4v) is 3.02. The van der Waals surface area contributed by atoms with Gasteiger partial charge in [0.05, 0.1) is 16.6 Å². The minimum absolute atomic E-state index is 0.105. The standard InChI is InChI=1S/C18H13ClN4O4/c1-23-18(25)12-5-3-2-4-11(12)15(22-23)17(24)21-20-8-10-6-13(19)16-14(7-10)26-9-27-16/h2-8H,9H2,1H3,(H,21,24)/b20-8-. The first-order valence-electron chi connectivity index (χ1n) is 7.93. The van der Waals surface area contributed by atoms with Crippen LogP contribution in [0.1, 0.15) is 16.1 Å². The molecule has 1 amide bonds. The lowest BCUT2D eigenvalue weighted by molar-refractivity contribution is 0.0950. The molecule has 1 N–H and O–H groups in total. The van der Waals surface area contributed by atoms with Gasteiger partial charge in [-0.15, -0.1) is 0 Å². The van der Waals surface area contributed by atoms with Crippen LogP contribution in [0.25, 0.3) is 10.8 Å². The molecule has 4 rings (SSSR count). The van der Waals surface area contributed by atoms with Crippen molar-refractivity contribution in [3.05, 3.63) is 63.0 Å². The second-order valence-electron chi connectivity index (χ2n) is 5.76. The van der Waals surface area contributed by atoms with Gasteiger partial charge in [-0.1, -0.05) is 29.8 Å². The van der Waals surface area contributed by atoms with E-state index in [1.165, 1.54) is 13.3 Å². The van der Waals surface area contributed by atoms with E-state index in [4.69, 9.17) is 21.1 Å². The lowest BCUT2D eigenvalue weighted by Gasteiger charge is -2.06. The molecule has 0 atom stereocenters. The third kappa shape index (κ3) is 3.11. The van der Waals surface area contributed by atoms with E-state index in [0.29, 0.717) is 32.9 Å². The maximum atomic E-state index is 12.5. The molecule has 0 aliphatic carbocycles. The third-order valence-corrected chi connectivity index (χ3v) is 4.28. The van der Waals surface area contributed by atoms with Gasteiger partial charge in [0, 0.05) is 12.4 Å². The zero-order chi connectivity index (χ0) is 19.0. The first kappa shape index (κ1) is 17.0. The van der Waals surface area contributed by atoms with Gasteiger partial charge in [0.25, 0.3) is 11.5 Å². The van der Waals surface area contributed by atoms with Gasteiger partial charge in [-0.2, -0.15) is 10.2 Å². The van der Waals surface area contributed by atoms with Gasteiger partial charge in [0.1, 0.15) is 0 Å². The molecule has 136 valence electrons. The van der Waals surface area contributed by atoms with Crippen LogP contribution in [0.15, 0.2) is 46.3 Å². The molecular formula is C18H13ClN4O4. The van der Waals surface area contributed by atoms with Gasteiger partial charge >= 0.3 is 0 Å². The molecule has 8 nitrogen and oxygen atoms in total. The van der Waals surface area contributed by atoms with Gasteiger partial charge in [-0.3, -0.25) is 9.59 Å². The highest BCUT2D eigenvalue weighted by Crippen LogP contribution is 2.39. The molecule has 1 aliphatic rings. The summed E-state index contributed by atoms with van der Waals surface area (Å²) in [6.07, 6.45) is 1.43. The van der Waals surface area contributed by atoms with Crippen LogP contribution in [0.2, 0.25) is 5.02 Å². The summed E-state index contributed by atoms with van der Waals surface area (Å²) in [5.41, 5.74) is 2.87. The van der Waals surface area contributed by atoms with Gasteiger partial charge in [-0.25, -0.2) is 10.1 Å². The number of fused-ring (bicyclic) bond motifs is 2. The number of nitrogens with one attached hydrogen (secondary N) is 1. The molecule has 27 heavy (non-hydrogen) atoms. The number of carbonyl (C=O) groups excluding carboxylic acids is 1. The number of benzene rings is 2. The molecule has 0 unspecified atom stereocenters. The summed E-state index contributed by atoms with van der Waals surface area (Å²) < 4.78 is 11.7. The lowest BCUT2D eigenvalue weighted by Crippen LogP contribution is -2.27. The first-order chi connectivity index (χ1) is 13.0. The third-order valence-electron chi connectivity index (χ3n) is 4.00. The highest BCUT2D eigenvalue weighted by atomic mass is 35.5. The van der Waals surface area contributed by atoms with Crippen LogP contribution in [0, 0.1) is 0 Å². The Labute approximate surface area is 158 Å². The van der Waals surface area contributed by atoms with E-state index >= 15 is 0 Å². The highest BCUT2D eigenvalue weighted by molar-refractivity contribution is 6.32. The number of hydrogen-bond donors (Lipinski definition) is 1. The summed E-state index contributed by atoms with van der Waals surface area (Å²) in [7, 11) is 1.49. The van der Waals surface area contributed by atoms with Gasteiger partial charge < -0.3 is 9.47 Å². The zero-order valence-corrected chi connectivity index (χ0v) is 14.9. The number of halogens is 1. The van der Waals surface area contributed by atoms with E-state index in [1.807, 2.05) is 0 Å². The quantitative estimate of drug-likeness (QED) is 0.551. The molecule has 1 aliphatic heterocycles. The zero-order valence-electron chi connectivity index (χ0n) is 14.1. The number of rotatable bonds is 3. The van der Waals surface area contributed by atoms with Crippen molar-refractivity contribution in [1.82, 2.24) is 15.2 Å². The molecule has 2 heterocycles. The predicted molar refractivity (Wildman–Crippen MR) is 99.6 cm³/mol. The SMILES string of the molecule is Cn1nc(C(=O)N/N=C\c2cc(Cl)c3c(c2)OCO3)c2ccccc2c1=O. The first-order valence-corrected chi connectivity index (χ1v) is 8.31. The second-order valence-corrected chi connectivity index (χ2v) is 6.17. The summed E-state index contributed by atoms with van der Waals surface area (Å²) in [6.45, 7) is 0.109. The van der Waals surface area contributed by atoms with E-state index in [2.05, 4.69) is 15.6 Å². The molecule has 0 bridgehead atoms. The van der Waals surface area contributed by atoms with E-state index < -0.39 is 5.91 Å². The van der Waals surface area contributed by atoms with E-state index in [-0.39, 0.29) is 18.0 Å². The van der Waals surface area contributed by atoms with Crippen LogP contribution in [-0.4, -0.2) is 28.7 Å². The number of aryl methyl sites for hydroxylation is 1. The van der Waals surface area contributed by atoms with Crippen LogP contribution in [0.4, 0.5) is 0 Å². The maximum absolute atomic E-state index is 12.5. The number of amides is 1. The number of nitrogens with zero attached hydrogens (tertiary/aromatic N) is 3. The normalized spacial score (nSPS) is 12.7. The van der Waals surface area contributed by atoms with E-state index in [1.54, 1.807) is 36.4 Å². The van der Waals surface area contributed by atoms with Crippen LogP contribution in [0.5, 0.6) is 11.5 Å². The van der Waals surface area contributed by atoms with Gasteiger partial charge in [0.2, 0.25) is 6.79 Å². The Morgan fingerprint density at radius 2 is 2.07 bits per heavy atom. The maximum Gasteiger partial charge on any atom is 0.292 e. The molecular weight excluding hydrogens is 372 g/mol. The summed E-state index contributed by atoms with van der Waals surface area (Å²) in [5, 5.41) is 9.24. The number of hydrogen-bond acceptors (Lipinski definition) is 6. The predicted octanol–water partition coefficient (Wildman–Crippen LogP) is 2.08. The molecule has 0 spiro atoms. The molecule has 9 heteroatoms. The molecule has 0 fully saturated rings. The Hall–Kier alpha value is -3.39. The average molecular weight is 385 g/mol. The fourth-order valence-electron chi connectivity index (χ4n) is 2.75. The van der Waals surface area contributed by atoms with Gasteiger partial charge in [-0.05, 0) is 23.8 Å². The van der Waals surface area contributed by atoms with E-state index in [9.17, 15) is 9.59 Å². The second kappa shape index (κ2) is 6.73.